The summed E-state index contributed by atoms with van der Waals surface area (Å²) in [5.74, 6) is -0.273. The molecule has 0 bridgehead atoms. The molecule has 3 rings (SSSR count). The predicted molar refractivity (Wildman–Crippen MR) is 151 cm³/mol. The summed E-state index contributed by atoms with van der Waals surface area (Å²) < 4.78 is 12.9. The van der Waals surface area contributed by atoms with Crippen LogP contribution in [0, 0.1) is 5.92 Å². The molecule has 2 atom stereocenters. The summed E-state index contributed by atoms with van der Waals surface area (Å²) in [5.41, 5.74) is 2.35. The van der Waals surface area contributed by atoms with Gasteiger partial charge in [-0.1, -0.05) is 126 Å². The van der Waals surface area contributed by atoms with Gasteiger partial charge in [0.2, 0.25) is 0 Å². The molecule has 4 heteroatoms. The number of ether oxygens (including phenoxy) is 2. The van der Waals surface area contributed by atoms with Gasteiger partial charge in [0.05, 0.1) is 6.61 Å². The first-order valence-corrected chi connectivity index (χ1v) is 13.5. The van der Waals surface area contributed by atoms with Crippen molar-refractivity contribution in [1.82, 2.24) is 0 Å². The highest BCUT2D eigenvalue weighted by molar-refractivity contribution is 8.03. The normalized spacial score (nSPS) is 13.9. The van der Waals surface area contributed by atoms with Gasteiger partial charge in [0, 0.05) is 17.1 Å². The lowest BCUT2D eigenvalue weighted by Gasteiger charge is -2.37. The second kappa shape index (κ2) is 12.9. The molecule has 0 aromatic heterocycles. The van der Waals surface area contributed by atoms with Crippen LogP contribution in [0.1, 0.15) is 57.7 Å². The van der Waals surface area contributed by atoms with E-state index in [-0.39, 0.29) is 22.7 Å². The molecule has 0 fully saturated rings. The number of benzene rings is 3. The van der Waals surface area contributed by atoms with Crippen LogP contribution in [0.4, 0.5) is 0 Å². The van der Waals surface area contributed by atoms with E-state index in [0.29, 0.717) is 13.0 Å². The van der Waals surface area contributed by atoms with Crippen molar-refractivity contribution in [2.45, 2.75) is 57.5 Å². The Balaban J connectivity index is 1.99. The van der Waals surface area contributed by atoms with Gasteiger partial charge in [-0.25, -0.2) is 0 Å². The molecule has 0 amide bonds. The Morgan fingerprint density at radius 3 is 1.67 bits per heavy atom. The lowest BCUT2D eigenvalue weighted by molar-refractivity contribution is -0.150. The minimum atomic E-state index is -0.804. The maximum atomic E-state index is 12.2. The van der Waals surface area contributed by atoms with Crippen LogP contribution < -0.4 is 0 Å². The van der Waals surface area contributed by atoms with E-state index in [0.717, 1.165) is 16.7 Å². The molecule has 3 aromatic carbocycles. The van der Waals surface area contributed by atoms with E-state index in [1.165, 1.54) is 0 Å². The van der Waals surface area contributed by atoms with Gasteiger partial charge in [0.15, 0.2) is 0 Å². The average molecular weight is 503 g/mol. The summed E-state index contributed by atoms with van der Waals surface area (Å²) in [7, 11) is 0. The van der Waals surface area contributed by atoms with Crippen LogP contribution in [0.3, 0.4) is 0 Å². The van der Waals surface area contributed by atoms with Crippen molar-refractivity contribution in [3.63, 3.8) is 0 Å². The number of carbonyl (C=O) groups is 1. The standard InChI is InChI=1S/C32H38O3S/c1-6-30(33)35-29(22-23-36-31(3,4)5)25(2)24-34-32(26-16-10-7-11-17-26,27-18-12-8-13-19-27)28-20-14-9-15-21-28/h7-23,25,29H,6,24H2,1-5H3/b23-22+/t25-,29-/m0/s1. The van der Waals surface area contributed by atoms with Crippen molar-refractivity contribution >= 4 is 17.7 Å². The Morgan fingerprint density at radius 2 is 1.28 bits per heavy atom. The largest absolute Gasteiger partial charge is 0.458 e. The first kappa shape index (κ1) is 27.8. The van der Waals surface area contributed by atoms with E-state index in [1.54, 1.807) is 11.8 Å². The molecule has 0 radical (unpaired) electrons. The maximum absolute atomic E-state index is 12.2. The highest BCUT2D eigenvalue weighted by atomic mass is 32.2. The van der Waals surface area contributed by atoms with Crippen LogP contribution in [0.15, 0.2) is 102 Å². The Kier molecular flexibility index (Phi) is 9.98. The molecule has 0 unspecified atom stereocenters. The lowest BCUT2D eigenvalue weighted by atomic mass is 9.80. The van der Waals surface area contributed by atoms with Crippen LogP contribution in [0.25, 0.3) is 0 Å². The van der Waals surface area contributed by atoms with Crippen LogP contribution in [0.5, 0.6) is 0 Å². The molecule has 0 aliphatic carbocycles. The summed E-state index contributed by atoms with van der Waals surface area (Å²) >= 11 is 1.72. The lowest BCUT2D eigenvalue weighted by Crippen LogP contribution is -2.36. The van der Waals surface area contributed by atoms with Gasteiger partial charge in [-0.2, -0.15) is 0 Å². The predicted octanol–water partition coefficient (Wildman–Crippen LogP) is 8.00. The van der Waals surface area contributed by atoms with E-state index in [1.807, 2.05) is 73.0 Å². The van der Waals surface area contributed by atoms with Gasteiger partial charge < -0.3 is 9.47 Å². The SMILES string of the molecule is CCC(=O)O[C@@H](/C=C/SC(C)(C)C)[C@@H](C)COC(c1ccccc1)(c1ccccc1)c1ccccc1. The van der Waals surface area contributed by atoms with Crippen molar-refractivity contribution in [1.29, 1.82) is 0 Å². The number of carbonyl (C=O) groups excluding carboxylic acids is 1. The Hall–Kier alpha value is -2.82. The van der Waals surface area contributed by atoms with Crippen molar-refractivity contribution in [2.75, 3.05) is 6.61 Å². The van der Waals surface area contributed by atoms with E-state index in [9.17, 15) is 4.79 Å². The smallest absolute Gasteiger partial charge is 0.306 e. The third-order valence-corrected chi connectivity index (χ3v) is 6.91. The second-order valence-electron chi connectivity index (χ2n) is 9.93. The summed E-state index contributed by atoms with van der Waals surface area (Å²) in [4.78, 5) is 12.2. The van der Waals surface area contributed by atoms with Crippen LogP contribution in [-0.2, 0) is 19.9 Å². The monoisotopic (exact) mass is 502 g/mol. The summed E-state index contributed by atoms with van der Waals surface area (Å²) in [6.45, 7) is 10.8. The molecule has 190 valence electrons. The zero-order valence-electron chi connectivity index (χ0n) is 22.0. The summed E-state index contributed by atoms with van der Waals surface area (Å²) in [6, 6.07) is 31.0. The van der Waals surface area contributed by atoms with E-state index in [2.05, 4.69) is 64.1 Å². The fraction of sp³-hybridized carbons (Fsp3) is 0.344. The third kappa shape index (κ3) is 7.35. The fourth-order valence-corrected chi connectivity index (χ4v) is 4.66. The summed E-state index contributed by atoms with van der Waals surface area (Å²) in [5, 5.41) is 2.04. The molecule has 0 saturated heterocycles. The average Bonchev–Trinajstić information content (AvgIpc) is 2.89. The molecule has 0 N–H and O–H groups in total. The van der Waals surface area contributed by atoms with E-state index in [4.69, 9.17) is 9.47 Å². The maximum Gasteiger partial charge on any atom is 0.306 e. The Labute approximate surface area is 220 Å². The first-order valence-electron chi connectivity index (χ1n) is 12.6. The van der Waals surface area contributed by atoms with Gasteiger partial charge >= 0.3 is 5.97 Å². The third-order valence-electron chi connectivity index (χ3n) is 5.91. The first-order chi connectivity index (χ1) is 17.3. The molecule has 36 heavy (non-hydrogen) atoms. The molecule has 3 nitrogen and oxygen atoms in total. The van der Waals surface area contributed by atoms with Crippen molar-refractivity contribution < 1.29 is 14.3 Å². The van der Waals surface area contributed by atoms with Gasteiger partial charge in [-0.3, -0.25) is 4.79 Å². The minimum absolute atomic E-state index is 0.0622. The Bertz CT molecular complexity index is 992. The van der Waals surface area contributed by atoms with Crippen LogP contribution >= 0.6 is 11.8 Å². The number of esters is 1. The molecular weight excluding hydrogens is 464 g/mol. The van der Waals surface area contributed by atoms with Crippen LogP contribution in [0.2, 0.25) is 0 Å². The highest BCUT2D eigenvalue weighted by Crippen LogP contribution is 2.41. The number of hydrogen-bond donors (Lipinski definition) is 0. The molecule has 0 spiro atoms. The van der Waals surface area contributed by atoms with Crippen LogP contribution in [-0.4, -0.2) is 23.4 Å². The topological polar surface area (TPSA) is 35.5 Å². The van der Waals surface area contributed by atoms with Gasteiger partial charge in [0.1, 0.15) is 11.7 Å². The molecule has 0 aliphatic rings. The van der Waals surface area contributed by atoms with Gasteiger partial charge in [-0.05, 0) is 28.2 Å². The molecule has 0 saturated carbocycles. The van der Waals surface area contributed by atoms with Crippen molar-refractivity contribution in [3.8, 4) is 0 Å². The van der Waals surface area contributed by atoms with Crippen molar-refractivity contribution in [3.05, 3.63) is 119 Å². The minimum Gasteiger partial charge on any atom is -0.458 e. The molecular formula is C32H38O3S. The second-order valence-corrected chi connectivity index (χ2v) is 11.7. The quantitative estimate of drug-likeness (QED) is 0.197. The molecule has 0 aliphatic heterocycles. The van der Waals surface area contributed by atoms with Crippen molar-refractivity contribution in [2.24, 2.45) is 5.92 Å². The van der Waals surface area contributed by atoms with E-state index < -0.39 is 5.60 Å². The fourth-order valence-electron chi connectivity index (χ4n) is 4.02. The highest BCUT2D eigenvalue weighted by Gasteiger charge is 2.38. The molecule has 0 heterocycles. The summed E-state index contributed by atoms with van der Waals surface area (Å²) in [6.07, 6.45) is 1.95. The van der Waals surface area contributed by atoms with E-state index >= 15 is 0 Å². The Morgan fingerprint density at radius 1 is 0.833 bits per heavy atom. The number of rotatable bonds is 11. The zero-order chi connectivity index (χ0) is 26.0. The molecule has 3 aromatic rings. The number of hydrogen-bond acceptors (Lipinski definition) is 4. The van der Waals surface area contributed by atoms with Gasteiger partial charge in [0.25, 0.3) is 0 Å². The van der Waals surface area contributed by atoms with Gasteiger partial charge in [-0.15, -0.1) is 11.8 Å². The number of thioether (sulfide) groups is 1. The zero-order valence-corrected chi connectivity index (χ0v) is 22.8.